The highest BCUT2D eigenvalue weighted by molar-refractivity contribution is 14.0. The van der Waals surface area contributed by atoms with Crippen LogP contribution in [0.25, 0.3) is 0 Å². The highest BCUT2D eigenvalue weighted by atomic mass is 127. The summed E-state index contributed by atoms with van der Waals surface area (Å²) in [5.74, 6) is 2.80. The standard InChI is InChI=1S/C18H29N5O.HI/c1-15-5-4-8-23(14-15)18(19-2)21-13-16-6-3-7-20-17(16)22-9-11-24-12-10-22;/h3,6-7,15H,4-5,8-14H2,1-2H3,(H,19,21);1H. The minimum atomic E-state index is 0. The Morgan fingerprint density at radius 3 is 2.88 bits per heavy atom. The first-order valence-corrected chi connectivity index (χ1v) is 9.00. The fraction of sp³-hybridized carbons (Fsp3) is 0.667. The van der Waals surface area contributed by atoms with E-state index in [1.54, 1.807) is 0 Å². The molecule has 7 heteroatoms. The molecular weight excluding hydrogens is 429 g/mol. The highest BCUT2D eigenvalue weighted by Crippen LogP contribution is 2.19. The van der Waals surface area contributed by atoms with E-state index in [0.29, 0.717) is 0 Å². The molecule has 3 heterocycles. The Labute approximate surface area is 168 Å². The topological polar surface area (TPSA) is 53.0 Å². The van der Waals surface area contributed by atoms with E-state index in [1.165, 1.54) is 18.4 Å². The molecule has 0 radical (unpaired) electrons. The van der Waals surface area contributed by atoms with Crippen LogP contribution in [0, 0.1) is 5.92 Å². The SMILES string of the molecule is CN=C(NCc1cccnc1N1CCOCC1)N1CCCC(C)C1.I. The predicted molar refractivity (Wildman–Crippen MR) is 113 cm³/mol. The van der Waals surface area contributed by atoms with Crippen LogP contribution in [0.4, 0.5) is 5.82 Å². The number of hydrogen-bond donors (Lipinski definition) is 1. The first-order valence-electron chi connectivity index (χ1n) is 9.00. The number of piperidine rings is 1. The fourth-order valence-corrected chi connectivity index (χ4v) is 3.52. The van der Waals surface area contributed by atoms with Gasteiger partial charge in [0.2, 0.25) is 0 Å². The number of nitrogens with zero attached hydrogens (tertiary/aromatic N) is 4. The van der Waals surface area contributed by atoms with Crippen molar-refractivity contribution in [3.05, 3.63) is 23.9 Å². The lowest BCUT2D eigenvalue weighted by Crippen LogP contribution is -2.46. The van der Waals surface area contributed by atoms with Gasteiger partial charge in [-0.3, -0.25) is 4.99 Å². The Morgan fingerprint density at radius 2 is 2.16 bits per heavy atom. The number of hydrogen-bond acceptors (Lipinski definition) is 4. The van der Waals surface area contributed by atoms with Gasteiger partial charge in [0.25, 0.3) is 0 Å². The van der Waals surface area contributed by atoms with E-state index in [9.17, 15) is 0 Å². The van der Waals surface area contributed by atoms with Crippen molar-refractivity contribution in [1.29, 1.82) is 0 Å². The van der Waals surface area contributed by atoms with Gasteiger partial charge in [0.1, 0.15) is 5.82 Å². The zero-order valence-corrected chi connectivity index (χ0v) is 17.6. The van der Waals surface area contributed by atoms with Crippen molar-refractivity contribution in [2.75, 3.05) is 51.3 Å². The van der Waals surface area contributed by atoms with Crippen LogP contribution in [0.2, 0.25) is 0 Å². The Morgan fingerprint density at radius 1 is 1.36 bits per heavy atom. The Bertz CT molecular complexity index is 562. The van der Waals surface area contributed by atoms with Gasteiger partial charge in [-0.25, -0.2) is 4.98 Å². The molecule has 1 atom stereocenters. The number of pyridine rings is 1. The molecule has 0 bridgehead atoms. The van der Waals surface area contributed by atoms with Gasteiger partial charge in [-0.1, -0.05) is 13.0 Å². The molecule has 6 nitrogen and oxygen atoms in total. The van der Waals surface area contributed by atoms with Crippen LogP contribution in [-0.2, 0) is 11.3 Å². The maximum atomic E-state index is 5.46. The average Bonchev–Trinajstić information content (AvgIpc) is 2.63. The summed E-state index contributed by atoms with van der Waals surface area (Å²) >= 11 is 0. The lowest BCUT2D eigenvalue weighted by molar-refractivity contribution is 0.122. The van der Waals surface area contributed by atoms with Gasteiger partial charge in [-0.15, -0.1) is 24.0 Å². The molecule has 1 unspecified atom stereocenters. The molecule has 2 fully saturated rings. The molecule has 0 saturated carbocycles. The Hall–Kier alpha value is -1.09. The van der Waals surface area contributed by atoms with Crippen molar-refractivity contribution in [3.8, 4) is 0 Å². The van der Waals surface area contributed by atoms with E-state index in [4.69, 9.17) is 4.74 Å². The van der Waals surface area contributed by atoms with Gasteiger partial charge < -0.3 is 19.9 Å². The molecule has 3 rings (SSSR count). The highest BCUT2D eigenvalue weighted by Gasteiger charge is 2.20. The van der Waals surface area contributed by atoms with Crippen molar-refractivity contribution < 1.29 is 4.74 Å². The third-order valence-electron chi connectivity index (χ3n) is 4.78. The predicted octanol–water partition coefficient (Wildman–Crippen LogP) is 2.34. The molecule has 2 aliphatic heterocycles. The number of aliphatic imine (C=N–C) groups is 1. The summed E-state index contributed by atoms with van der Waals surface area (Å²) in [5, 5.41) is 3.53. The maximum Gasteiger partial charge on any atom is 0.193 e. The van der Waals surface area contributed by atoms with Crippen molar-refractivity contribution >= 4 is 35.8 Å². The van der Waals surface area contributed by atoms with Crippen molar-refractivity contribution in [3.63, 3.8) is 0 Å². The van der Waals surface area contributed by atoms with E-state index < -0.39 is 0 Å². The van der Waals surface area contributed by atoms with Gasteiger partial charge in [-0.05, 0) is 24.8 Å². The molecule has 0 aliphatic carbocycles. The maximum absolute atomic E-state index is 5.46. The monoisotopic (exact) mass is 459 g/mol. The fourth-order valence-electron chi connectivity index (χ4n) is 3.52. The summed E-state index contributed by atoms with van der Waals surface area (Å²) in [6, 6.07) is 4.16. The number of anilines is 1. The number of ether oxygens (including phenoxy) is 1. The minimum absolute atomic E-state index is 0. The van der Waals surface area contributed by atoms with Gasteiger partial charge >= 0.3 is 0 Å². The number of nitrogens with one attached hydrogen (secondary N) is 1. The number of rotatable bonds is 3. The largest absolute Gasteiger partial charge is 0.378 e. The molecule has 2 saturated heterocycles. The summed E-state index contributed by atoms with van der Waals surface area (Å²) in [6.45, 7) is 8.60. The molecule has 140 valence electrons. The smallest absolute Gasteiger partial charge is 0.193 e. The Balaban J connectivity index is 0.00000225. The normalized spacial score (nSPS) is 21.7. The second kappa shape index (κ2) is 10.2. The van der Waals surface area contributed by atoms with Crippen LogP contribution in [0.5, 0.6) is 0 Å². The number of likely N-dealkylation sites (tertiary alicyclic amines) is 1. The molecule has 0 aromatic carbocycles. The molecule has 1 aromatic heterocycles. The second-order valence-corrected chi connectivity index (χ2v) is 6.68. The lowest BCUT2D eigenvalue weighted by atomic mass is 10.0. The van der Waals surface area contributed by atoms with Gasteiger partial charge in [-0.2, -0.15) is 0 Å². The van der Waals surface area contributed by atoms with Crippen LogP contribution in [0.1, 0.15) is 25.3 Å². The summed E-state index contributed by atoms with van der Waals surface area (Å²) < 4.78 is 5.46. The van der Waals surface area contributed by atoms with Crippen molar-refractivity contribution in [1.82, 2.24) is 15.2 Å². The number of aromatic nitrogens is 1. The van der Waals surface area contributed by atoms with Gasteiger partial charge in [0.05, 0.1) is 13.2 Å². The quantitative estimate of drug-likeness (QED) is 0.428. The molecule has 2 aliphatic rings. The third kappa shape index (κ3) is 5.44. The van der Waals surface area contributed by atoms with E-state index in [0.717, 1.165) is 63.6 Å². The van der Waals surface area contributed by atoms with E-state index in [1.807, 2.05) is 19.3 Å². The number of guanidine groups is 1. The first-order chi connectivity index (χ1) is 11.8. The molecular formula is C18H30IN5O. The molecule has 0 amide bonds. The van der Waals surface area contributed by atoms with Crippen molar-refractivity contribution in [2.45, 2.75) is 26.3 Å². The van der Waals surface area contributed by atoms with Crippen LogP contribution in [0.15, 0.2) is 23.3 Å². The summed E-state index contributed by atoms with van der Waals surface area (Å²) in [7, 11) is 1.87. The summed E-state index contributed by atoms with van der Waals surface area (Å²) in [6.07, 6.45) is 4.43. The van der Waals surface area contributed by atoms with Crippen LogP contribution >= 0.6 is 24.0 Å². The molecule has 0 spiro atoms. The number of halogens is 1. The van der Waals surface area contributed by atoms with E-state index in [2.05, 4.69) is 38.1 Å². The zero-order valence-electron chi connectivity index (χ0n) is 15.3. The average molecular weight is 459 g/mol. The first kappa shape index (κ1) is 20.2. The van der Waals surface area contributed by atoms with Gasteiger partial charge in [0.15, 0.2) is 5.96 Å². The number of morpholine rings is 1. The third-order valence-corrected chi connectivity index (χ3v) is 4.78. The van der Waals surface area contributed by atoms with Crippen LogP contribution in [0.3, 0.4) is 0 Å². The van der Waals surface area contributed by atoms with Crippen LogP contribution < -0.4 is 10.2 Å². The summed E-state index contributed by atoms with van der Waals surface area (Å²) in [4.78, 5) is 13.8. The minimum Gasteiger partial charge on any atom is -0.378 e. The van der Waals surface area contributed by atoms with Gasteiger partial charge in [0, 0.05) is 51.5 Å². The Kier molecular flexibility index (Phi) is 8.21. The second-order valence-electron chi connectivity index (χ2n) is 6.68. The molecule has 1 aromatic rings. The lowest BCUT2D eigenvalue weighted by Gasteiger charge is -2.34. The zero-order chi connectivity index (χ0) is 16.8. The molecule has 25 heavy (non-hydrogen) atoms. The van der Waals surface area contributed by atoms with Crippen molar-refractivity contribution in [2.24, 2.45) is 10.9 Å². The van der Waals surface area contributed by atoms with Crippen LogP contribution in [-0.4, -0.2) is 62.3 Å². The van der Waals surface area contributed by atoms with E-state index in [-0.39, 0.29) is 24.0 Å². The summed E-state index contributed by atoms with van der Waals surface area (Å²) in [5.41, 5.74) is 1.21. The van der Waals surface area contributed by atoms with E-state index >= 15 is 0 Å². The molecule has 1 N–H and O–H groups in total.